The van der Waals surface area contributed by atoms with Crippen LogP contribution < -0.4 is 26.4 Å². The van der Waals surface area contributed by atoms with E-state index < -0.39 is 18.5 Å². The third-order valence-corrected chi connectivity index (χ3v) is 6.58. The third kappa shape index (κ3) is 6.80. The van der Waals surface area contributed by atoms with Gasteiger partial charge in [0.05, 0.1) is 24.6 Å². The Labute approximate surface area is 239 Å². The van der Waals surface area contributed by atoms with Crippen LogP contribution in [0.25, 0.3) is 22.4 Å². The van der Waals surface area contributed by atoms with E-state index in [0.29, 0.717) is 29.3 Å². The normalized spacial score (nSPS) is 15.4. The molecular formula is C27H29ClF4N8O. The number of nitrogen functional groups attached to an aromatic ring is 1. The van der Waals surface area contributed by atoms with Gasteiger partial charge in [0.25, 0.3) is 0 Å². The molecule has 9 nitrogen and oxygen atoms in total. The molecule has 0 spiro atoms. The molecule has 0 aliphatic carbocycles. The van der Waals surface area contributed by atoms with Crippen LogP contribution in [0.5, 0.6) is 5.75 Å². The van der Waals surface area contributed by atoms with Crippen LogP contribution in [0.1, 0.15) is 12.8 Å². The van der Waals surface area contributed by atoms with Crippen LogP contribution in [0.3, 0.4) is 0 Å². The molecule has 0 bridgehead atoms. The summed E-state index contributed by atoms with van der Waals surface area (Å²) in [6.07, 6.45) is 1.66. The van der Waals surface area contributed by atoms with Crippen molar-refractivity contribution in [1.29, 1.82) is 0 Å². The molecule has 3 aromatic heterocycles. The second-order valence-electron chi connectivity index (χ2n) is 9.55. The van der Waals surface area contributed by atoms with Gasteiger partial charge >= 0.3 is 6.18 Å². The Bertz CT molecular complexity index is 1510. The lowest BCUT2D eigenvalue weighted by molar-refractivity contribution is -0.142. The fourth-order valence-corrected chi connectivity index (χ4v) is 4.77. The maximum Gasteiger partial charge on any atom is 0.408 e. The van der Waals surface area contributed by atoms with Crippen molar-refractivity contribution in [2.75, 3.05) is 36.1 Å². The number of ether oxygens (including phenoxy) is 1. The number of aromatic nitrogens is 4. The fraction of sp³-hybridized carbons (Fsp3) is 0.296. The zero-order valence-electron chi connectivity index (χ0n) is 22.0. The predicted molar refractivity (Wildman–Crippen MR) is 152 cm³/mol. The van der Waals surface area contributed by atoms with E-state index in [4.69, 9.17) is 16.2 Å². The van der Waals surface area contributed by atoms with Crippen LogP contribution in [0, 0.1) is 5.82 Å². The van der Waals surface area contributed by atoms with Crippen molar-refractivity contribution < 1.29 is 22.3 Å². The standard InChI is InChI=1S/C27H28F4N8O.ClH/c1-40-22-6-2-5-19(28)25(22)26-20(33)7-8-23(37-26)36-24-10-21(38-9-3-4-17(32)14-38)18(12-34-24)16-11-35-39(13-16)15-27(29,30)31;/h2,5-8,10-13,17H,3-4,9,14-15,32-33H2,1H3,(H,34,36,37);1H/t17-;/m0./s1. The molecule has 0 amide bonds. The van der Waals surface area contributed by atoms with Crippen molar-refractivity contribution >= 4 is 35.4 Å². The highest BCUT2D eigenvalue weighted by Crippen LogP contribution is 2.37. The summed E-state index contributed by atoms with van der Waals surface area (Å²) in [5, 5.41) is 7.02. The smallest absolute Gasteiger partial charge is 0.408 e. The van der Waals surface area contributed by atoms with E-state index in [-0.39, 0.29) is 41.1 Å². The van der Waals surface area contributed by atoms with Crippen LogP contribution in [0.15, 0.2) is 55.0 Å². The highest BCUT2D eigenvalue weighted by atomic mass is 35.5. The van der Waals surface area contributed by atoms with Gasteiger partial charge in [-0.1, -0.05) is 6.07 Å². The summed E-state index contributed by atoms with van der Waals surface area (Å²) in [6, 6.07) is 9.43. The SMILES string of the molecule is COc1cccc(F)c1-c1nc(Nc2cc(N3CCC[C@H](N)C3)c(-c3cnn(CC(F)(F)F)c3)cn2)ccc1N.Cl. The second-order valence-corrected chi connectivity index (χ2v) is 9.55. The predicted octanol–water partition coefficient (Wildman–Crippen LogP) is 5.39. The zero-order valence-corrected chi connectivity index (χ0v) is 22.8. The lowest BCUT2D eigenvalue weighted by Crippen LogP contribution is -2.43. The number of pyridine rings is 2. The molecule has 1 aromatic carbocycles. The number of nitrogens with two attached hydrogens (primary N) is 2. The molecule has 41 heavy (non-hydrogen) atoms. The second kappa shape index (κ2) is 12.2. The van der Waals surface area contributed by atoms with Gasteiger partial charge < -0.3 is 26.4 Å². The molecule has 1 saturated heterocycles. The van der Waals surface area contributed by atoms with Crippen molar-refractivity contribution in [2.24, 2.45) is 5.73 Å². The first kappa shape index (κ1) is 29.9. The average Bonchev–Trinajstić information content (AvgIpc) is 3.36. The molecule has 0 radical (unpaired) electrons. The summed E-state index contributed by atoms with van der Waals surface area (Å²) in [5.41, 5.74) is 14.8. The van der Waals surface area contributed by atoms with Gasteiger partial charge in [0, 0.05) is 54.4 Å². The van der Waals surface area contributed by atoms with E-state index in [0.717, 1.165) is 29.8 Å². The van der Waals surface area contributed by atoms with E-state index in [1.54, 1.807) is 30.5 Å². The minimum Gasteiger partial charge on any atom is -0.496 e. The molecule has 0 unspecified atom stereocenters. The minimum atomic E-state index is -4.39. The van der Waals surface area contributed by atoms with Crippen LogP contribution >= 0.6 is 12.4 Å². The van der Waals surface area contributed by atoms with Crippen LogP contribution in [-0.4, -0.2) is 52.2 Å². The van der Waals surface area contributed by atoms with Gasteiger partial charge in [-0.25, -0.2) is 14.4 Å². The number of piperidine rings is 1. The van der Waals surface area contributed by atoms with Gasteiger partial charge in [-0.05, 0) is 37.1 Å². The number of nitrogens with one attached hydrogen (secondary N) is 1. The van der Waals surface area contributed by atoms with E-state index in [2.05, 4.69) is 25.3 Å². The number of rotatable bonds is 7. The van der Waals surface area contributed by atoms with Gasteiger partial charge in [-0.2, -0.15) is 18.3 Å². The highest BCUT2D eigenvalue weighted by molar-refractivity contribution is 5.85. The first-order valence-electron chi connectivity index (χ1n) is 12.6. The number of halogens is 5. The quantitative estimate of drug-likeness (QED) is 0.244. The van der Waals surface area contributed by atoms with Crippen molar-refractivity contribution in [3.63, 3.8) is 0 Å². The molecule has 1 fully saturated rings. The Hall–Kier alpha value is -4.10. The van der Waals surface area contributed by atoms with Crippen molar-refractivity contribution in [1.82, 2.24) is 19.7 Å². The number of benzene rings is 1. The lowest BCUT2D eigenvalue weighted by atomic mass is 10.0. The van der Waals surface area contributed by atoms with E-state index in [1.165, 1.54) is 31.6 Å². The number of hydrogen-bond acceptors (Lipinski definition) is 8. The number of hydrogen-bond donors (Lipinski definition) is 3. The van der Waals surface area contributed by atoms with Gasteiger partial charge in [0.2, 0.25) is 0 Å². The summed E-state index contributed by atoms with van der Waals surface area (Å²) >= 11 is 0. The number of anilines is 4. The lowest BCUT2D eigenvalue weighted by Gasteiger charge is -2.34. The summed E-state index contributed by atoms with van der Waals surface area (Å²) in [6.45, 7) is 0.102. The Kier molecular flexibility index (Phi) is 8.88. The Morgan fingerprint density at radius 3 is 2.68 bits per heavy atom. The molecule has 1 atom stereocenters. The largest absolute Gasteiger partial charge is 0.496 e. The summed E-state index contributed by atoms with van der Waals surface area (Å²) in [7, 11) is 1.43. The molecular weight excluding hydrogens is 564 g/mol. The fourth-order valence-electron chi connectivity index (χ4n) is 4.77. The molecule has 1 aliphatic heterocycles. The molecule has 218 valence electrons. The van der Waals surface area contributed by atoms with Crippen molar-refractivity contribution in [3.8, 4) is 28.1 Å². The summed E-state index contributed by atoms with van der Waals surface area (Å²) < 4.78 is 59.6. The zero-order chi connectivity index (χ0) is 28.4. The van der Waals surface area contributed by atoms with Gasteiger partial charge in [0.1, 0.15) is 35.4 Å². The van der Waals surface area contributed by atoms with Crippen molar-refractivity contribution in [3.05, 3.63) is 60.8 Å². The molecule has 5 N–H and O–H groups in total. The maximum absolute atomic E-state index is 14.8. The molecule has 14 heteroatoms. The summed E-state index contributed by atoms with van der Waals surface area (Å²) in [5.74, 6) is 0.528. The molecule has 1 aliphatic rings. The topological polar surface area (TPSA) is 120 Å². The molecule has 4 heterocycles. The van der Waals surface area contributed by atoms with E-state index in [1.807, 2.05) is 0 Å². The monoisotopic (exact) mass is 592 g/mol. The Balaban J connectivity index is 0.00000387. The third-order valence-electron chi connectivity index (χ3n) is 6.58. The van der Waals surface area contributed by atoms with Crippen LogP contribution in [-0.2, 0) is 6.54 Å². The Morgan fingerprint density at radius 2 is 1.95 bits per heavy atom. The van der Waals surface area contributed by atoms with Gasteiger partial charge in [0.15, 0.2) is 0 Å². The van der Waals surface area contributed by atoms with E-state index in [9.17, 15) is 17.6 Å². The van der Waals surface area contributed by atoms with Gasteiger partial charge in [-0.15, -0.1) is 12.4 Å². The van der Waals surface area contributed by atoms with Crippen LogP contribution in [0.2, 0.25) is 0 Å². The van der Waals surface area contributed by atoms with Gasteiger partial charge in [-0.3, -0.25) is 4.68 Å². The van der Waals surface area contributed by atoms with E-state index >= 15 is 0 Å². The number of alkyl halides is 3. The van der Waals surface area contributed by atoms with Crippen molar-refractivity contribution in [2.45, 2.75) is 31.6 Å². The molecule has 4 aromatic rings. The first-order chi connectivity index (χ1) is 19.1. The molecule has 5 rings (SSSR count). The first-order valence-corrected chi connectivity index (χ1v) is 12.6. The average molecular weight is 593 g/mol. The maximum atomic E-state index is 14.8. The minimum absolute atomic E-state index is 0. The number of nitrogens with zero attached hydrogens (tertiary/aromatic N) is 5. The van der Waals surface area contributed by atoms with Crippen LogP contribution in [0.4, 0.5) is 40.6 Å². The Morgan fingerprint density at radius 1 is 1.15 bits per heavy atom. The number of methoxy groups -OCH3 is 1. The highest BCUT2D eigenvalue weighted by Gasteiger charge is 2.29. The summed E-state index contributed by atoms with van der Waals surface area (Å²) in [4.78, 5) is 11.1. The molecule has 0 saturated carbocycles.